The SMILES string of the molecule is c1ccc(-c2nc(-c3ccc4ccc5ccc6c7ccccc7oc6c5c4c3)nc(-c3cccc4c(-c5cccc6ccccc56)cccc34)n2)cc1. The highest BCUT2D eigenvalue weighted by Gasteiger charge is 2.18. The molecule has 0 aliphatic rings. The van der Waals surface area contributed by atoms with Crippen LogP contribution in [0, 0.1) is 0 Å². The van der Waals surface area contributed by atoms with Crippen molar-refractivity contribution >= 4 is 65.0 Å². The van der Waals surface area contributed by atoms with Crippen LogP contribution in [0.4, 0.5) is 0 Å². The van der Waals surface area contributed by atoms with Gasteiger partial charge in [0, 0.05) is 32.8 Å². The fourth-order valence-electron chi connectivity index (χ4n) is 8.00. The molecular formula is C49H29N3O. The monoisotopic (exact) mass is 675 g/mol. The molecule has 2 heterocycles. The standard InChI is InChI=1S/C49H29N3O/c1-2-12-33(13-3-1)47-50-48(34-26-24-31-23-25-32-27-28-41-40-16-6-7-22-44(40)53-46(41)45(32)43(31)29-34)52-49(51-47)42-21-10-19-38-37(18-9-20-39(38)42)36-17-8-14-30-11-4-5-15-35(30)36/h1-29H. The largest absolute Gasteiger partial charge is 0.455 e. The van der Waals surface area contributed by atoms with Gasteiger partial charge in [-0.1, -0.05) is 158 Å². The smallest absolute Gasteiger partial charge is 0.164 e. The van der Waals surface area contributed by atoms with E-state index >= 15 is 0 Å². The summed E-state index contributed by atoms with van der Waals surface area (Å²) in [6, 6.07) is 61.6. The molecule has 0 aliphatic carbocycles. The predicted molar refractivity (Wildman–Crippen MR) is 219 cm³/mol. The molecule has 0 amide bonds. The first kappa shape index (κ1) is 29.5. The Balaban J connectivity index is 1.14. The molecule has 53 heavy (non-hydrogen) atoms. The maximum atomic E-state index is 6.54. The minimum Gasteiger partial charge on any atom is -0.455 e. The molecule has 4 heteroatoms. The number of rotatable bonds is 4. The lowest BCUT2D eigenvalue weighted by Gasteiger charge is -2.14. The first-order chi connectivity index (χ1) is 26.3. The summed E-state index contributed by atoms with van der Waals surface area (Å²) in [4.78, 5) is 15.5. The Morgan fingerprint density at radius 1 is 0.321 bits per heavy atom. The summed E-state index contributed by atoms with van der Waals surface area (Å²) < 4.78 is 6.54. The van der Waals surface area contributed by atoms with Crippen LogP contribution in [0.2, 0.25) is 0 Å². The van der Waals surface area contributed by atoms with Crippen LogP contribution in [0.1, 0.15) is 0 Å². The molecule has 11 aromatic rings. The normalized spacial score (nSPS) is 11.8. The van der Waals surface area contributed by atoms with E-state index in [1.54, 1.807) is 0 Å². The van der Waals surface area contributed by atoms with Crippen LogP contribution in [0.5, 0.6) is 0 Å². The molecule has 0 atom stereocenters. The van der Waals surface area contributed by atoms with E-state index in [1.165, 1.54) is 21.9 Å². The number of nitrogens with zero attached hydrogens (tertiary/aromatic N) is 3. The van der Waals surface area contributed by atoms with Gasteiger partial charge in [0.15, 0.2) is 17.5 Å². The highest BCUT2D eigenvalue weighted by molar-refractivity contribution is 6.23. The molecule has 11 rings (SSSR count). The fourth-order valence-corrected chi connectivity index (χ4v) is 8.00. The summed E-state index contributed by atoms with van der Waals surface area (Å²) in [6.45, 7) is 0. The number of hydrogen-bond donors (Lipinski definition) is 0. The molecule has 0 spiro atoms. The number of furan rings is 1. The third-order valence-corrected chi connectivity index (χ3v) is 10.5. The molecule has 0 bridgehead atoms. The van der Waals surface area contributed by atoms with Gasteiger partial charge in [0.1, 0.15) is 11.2 Å². The molecule has 0 N–H and O–H groups in total. The van der Waals surface area contributed by atoms with Crippen molar-refractivity contribution in [3.05, 3.63) is 176 Å². The van der Waals surface area contributed by atoms with Gasteiger partial charge < -0.3 is 4.42 Å². The predicted octanol–water partition coefficient (Wildman–Crippen LogP) is 13.1. The van der Waals surface area contributed by atoms with E-state index in [0.717, 1.165) is 70.9 Å². The minimum absolute atomic E-state index is 0.617. The topological polar surface area (TPSA) is 51.8 Å². The molecule has 0 saturated carbocycles. The third kappa shape index (κ3) is 4.73. The zero-order valence-corrected chi connectivity index (χ0v) is 28.5. The Hall–Kier alpha value is -7.17. The summed E-state index contributed by atoms with van der Waals surface area (Å²) in [7, 11) is 0. The van der Waals surface area contributed by atoms with Gasteiger partial charge in [0.25, 0.3) is 0 Å². The van der Waals surface area contributed by atoms with Gasteiger partial charge in [0.2, 0.25) is 0 Å². The molecular weight excluding hydrogens is 647 g/mol. The van der Waals surface area contributed by atoms with Crippen LogP contribution in [0.15, 0.2) is 180 Å². The van der Waals surface area contributed by atoms with Crippen LogP contribution in [0.3, 0.4) is 0 Å². The molecule has 0 aliphatic heterocycles. The number of aromatic nitrogens is 3. The van der Waals surface area contributed by atoms with E-state index in [-0.39, 0.29) is 0 Å². The second-order valence-electron chi connectivity index (χ2n) is 13.5. The minimum atomic E-state index is 0.617. The van der Waals surface area contributed by atoms with Crippen LogP contribution < -0.4 is 0 Å². The zero-order chi connectivity index (χ0) is 34.9. The quantitative estimate of drug-likeness (QED) is 0.174. The first-order valence-corrected chi connectivity index (χ1v) is 17.9. The molecule has 246 valence electrons. The van der Waals surface area contributed by atoms with Crippen molar-refractivity contribution in [2.75, 3.05) is 0 Å². The summed E-state index contributed by atoms with van der Waals surface area (Å²) in [5.74, 6) is 1.88. The van der Waals surface area contributed by atoms with Gasteiger partial charge in [-0.05, 0) is 67.0 Å². The summed E-state index contributed by atoms with van der Waals surface area (Å²) in [5.41, 5.74) is 6.97. The van der Waals surface area contributed by atoms with Crippen LogP contribution in [-0.4, -0.2) is 15.0 Å². The van der Waals surface area contributed by atoms with Gasteiger partial charge in [-0.15, -0.1) is 0 Å². The Bertz CT molecular complexity index is 3230. The van der Waals surface area contributed by atoms with E-state index in [4.69, 9.17) is 19.4 Å². The number of hydrogen-bond acceptors (Lipinski definition) is 4. The maximum absolute atomic E-state index is 6.54. The van der Waals surface area contributed by atoms with Gasteiger partial charge in [0.05, 0.1) is 0 Å². The van der Waals surface area contributed by atoms with Crippen molar-refractivity contribution in [3.8, 4) is 45.3 Å². The number of benzene rings is 9. The van der Waals surface area contributed by atoms with E-state index in [2.05, 4.69) is 146 Å². The lowest BCUT2D eigenvalue weighted by atomic mass is 9.92. The summed E-state index contributed by atoms with van der Waals surface area (Å²) >= 11 is 0. The molecule has 2 aromatic heterocycles. The molecule has 0 radical (unpaired) electrons. The lowest BCUT2D eigenvalue weighted by molar-refractivity contribution is 0.673. The highest BCUT2D eigenvalue weighted by atomic mass is 16.3. The maximum Gasteiger partial charge on any atom is 0.164 e. The average Bonchev–Trinajstić information content (AvgIpc) is 3.62. The van der Waals surface area contributed by atoms with Crippen molar-refractivity contribution in [3.63, 3.8) is 0 Å². The number of para-hydroxylation sites is 1. The van der Waals surface area contributed by atoms with Crippen molar-refractivity contribution in [2.24, 2.45) is 0 Å². The Morgan fingerprint density at radius 2 is 0.887 bits per heavy atom. The van der Waals surface area contributed by atoms with Gasteiger partial charge >= 0.3 is 0 Å². The van der Waals surface area contributed by atoms with Crippen molar-refractivity contribution in [1.82, 2.24) is 15.0 Å². The van der Waals surface area contributed by atoms with Crippen LogP contribution >= 0.6 is 0 Å². The van der Waals surface area contributed by atoms with E-state index in [0.29, 0.717) is 17.5 Å². The van der Waals surface area contributed by atoms with Crippen LogP contribution in [-0.2, 0) is 0 Å². The molecule has 0 fully saturated rings. The van der Waals surface area contributed by atoms with Gasteiger partial charge in [-0.2, -0.15) is 0 Å². The Labute approximate surface area is 304 Å². The Kier molecular flexibility index (Phi) is 6.52. The van der Waals surface area contributed by atoms with E-state index in [1.807, 2.05) is 30.3 Å². The highest BCUT2D eigenvalue weighted by Crippen LogP contribution is 2.40. The molecule has 0 unspecified atom stereocenters. The van der Waals surface area contributed by atoms with Gasteiger partial charge in [-0.3, -0.25) is 0 Å². The van der Waals surface area contributed by atoms with Crippen molar-refractivity contribution < 1.29 is 4.42 Å². The fraction of sp³-hybridized carbons (Fsp3) is 0. The molecule has 9 aromatic carbocycles. The van der Waals surface area contributed by atoms with Crippen molar-refractivity contribution in [1.29, 1.82) is 0 Å². The third-order valence-electron chi connectivity index (χ3n) is 10.5. The van der Waals surface area contributed by atoms with Crippen molar-refractivity contribution in [2.45, 2.75) is 0 Å². The van der Waals surface area contributed by atoms with E-state index in [9.17, 15) is 0 Å². The first-order valence-electron chi connectivity index (χ1n) is 17.9. The molecule has 0 saturated heterocycles. The van der Waals surface area contributed by atoms with E-state index < -0.39 is 0 Å². The average molecular weight is 676 g/mol. The molecule has 4 nitrogen and oxygen atoms in total. The zero-order valence-electron chi connectivity index (χ0n) is 28.5. The lowest BCUT2D eigenvalue weighted by Crippen LogP contribution is -2.00. The summed E-state index contributed by atoms with van der Waals surface area (Å²) in [5, 5.41) is 11.3. The van der Waals surface area contributed by atoms with Gasteiger partial charge in [-0.25, -0.2) is 15.0 Å². The second kappa shape index (κ2) is 11.7. The van der Waals surface area contributed by atoms with Crippen LogP contribution in [0.25, 0.3) is 110 Å². The summed E-state index contributed by atoms with van der Waals surface area (Å²) in [6.07, 6.45) is 0. The number of fused-ring (bicyclic) bond motifs is 9. The second-order valence-corrected chi connectivity index (χ2v) is 13.5. The Morgan fingerprint density at radius 3 is 1.75 bits per heavy atom.